The lowest BCUT2D eigenvalue weighted by Gasteiger charge is -2.16. The number of ketones is 1. The maximum absolute atomic E-state index is 12.6. The molecule has 0 radical (unpaired) electrons. The number of nitrogens with zero attached hydrogens (tertiary/aromatic N) is 2. The molecule has 0 saturated heterocycles. The summed E-state index contributed by atoms with van der Waals surface area (Å²) in [5.41, 5.74) is 9.06. The number of Topliss-reactive ketones (excluding diaryl/α,β-unsaturated/α-hetero) is 1. The van der Waals surface area contributed by atoms with E-state index >= 15 is 0 Å². The van der Waals surface area contributed by atoms with Gasteiger partial charge in [-0.2, -0.15) is 0 Å². The van der Waals surface area contributed by atoms with E-state index in [0.29, 0.717) is 0 Å². The Kier molecular flexibility index (Phi) is 7.35. The summed E-state index contributed by atoms with van der Waals surface area (Å²) in [6, 6.07) is 5.73. The summed E-state index contributed by atoms with van der Waals surface area (Å²) in [5, 5.41) is 0. The maximum Gasteiger partial charge on any atom is 0.338 e. The van der Waals surface area contributed by atoms with Gasteiger partial charge in [-0.15, -0.1) is 0 Å². The van der Waals surface area contributed by atoms with Crippen LogP contribution >= 0.6 is 0 Å². The standard InChI is InChI=1S/C20H24N4O7/c1-11(2)8-24-17(22)16(18(27)23(3)20(24)29)14(25)9-31-19(28)12-5-4-6-13(7-12)30-10-15(21)26/h4-7,11H,8-10,22H2,1-3H3,(H2,21,26). The molecular weight excluding hydrogens is 408 g/mol. The second-order valence-corrected chi connectivity index (χ2v) is 7.19. The Balaban J connectivity index is 2.21. The number of carbonyl (C=O) groups is 3. The van der Waals surface area contributed by atoms with E-state index in [2.05, 4.69) is 0 Å². The van der Waals surface area contributed by atoms with Crippen LogP contribution in [0.4, 0.5) is 5.82 Å². The molecule has 166 valence electrons. The van der Waals surface area contributed by atoms with Gasteiger partial charge < -0.3 is 20.9 Å². The van der Waals surface area contributed by atoms with Crippen molar-refractivity contribution in [3.8, 4) is 5.75 Å². The lowest BCUT2D eigenvalue weighted by Crippen LogP contribution is -2.43. The lowest BCUT2D eigenvalue weighted by molar-refractivity contribution is -0.119. The molecular formula is C20H24N4O7. The van der Waals surface area contributed by atoms with Crippen molar-refractivity contribution in [2.45, 2.75) is 20.4 Å². The van der Waals surface area contributed by atoms with Crippen molar-refractivity contribution in [3.05, 3.63) is 56.2 Å². The maximum atomic E-state index is 12.6. The summed E-state index contributed by atoms with van der Waals surface area (Å²) in [7, 11) is 1.24. The van der Waals surface area contributed by atoms with Gasteiger partial charge in [-0.3, -0.25) is 23.5 Å². The minimum Gasteiger partial charge on any atom is -0.484 e. The predicted molar refractivity (Wildman–Crippen MR) is 111 cm³/mol. The molecule has 2 aromatic rings. The van der Waals surface area contributed by atoms with Crippen molar-refractivity contribution in [1.82, 2.24) is 9.13 Å². The van der Waals surface area contributed by atoms with Crippen LogP contribution in [0.5, 0.6) is 5.75 Å². The normalized spacial score (nSPS) is 10.7. The monoisotopic (exact) mass is 432 g/mol. The highest BCUT2D eigenvalue weighted by Gasteiger charge is 2.23. The van der Waals surface area contributed by atoms with E-state index < -0.39 is 41.1 Å². The quantitative estimate of drug-likeness (QED) is 0.402. The number of anilines is 1. The molecule has 0 atom stereocenters. The Bertz CT molecular complexity index is 1130. The third-order valence-corrected chi connectivity index (χ3v) is 4.20. The van der Waals surface area contributed by atoms with Crippen LogP contribution in [0.15, 0.2) is 33.9 Å². The molecule has 1 aromatic heterocycles. The van der Waals surface area contributed by atoms with Crippen LogP contribution in [0, 0.1) is 5.92 Å². The number of aromatic nitrogens is 2. The highest BCUT2D eigenvalue weighted by Crippen LogP contribution is 2.15. The molecule has 0 aliphatic rings. The van der Waals surface area contributed by atoms with Gasteiger partial charge >= 0.3 is 11.7 Å². The first-order chi connectivity index (χ1) is 14.5. The number of nitrogens with two attached hydrogens (primary N) is 2. The number of hydrogen-bond donors (Lipinski definition) is 2. The first kappa shape index (κ1) is 23.4. The van der Waals surface area contributed by atoms with Gasteiger partial charge in [-0.25, -0.2) is 9.59 Å². The zero-order valence-electron chi connectivity index (χ0n) is 17.4. The fourth-order valence-corrected chi connectivity index (χ4v) is 2.74. The van der Waals surface area contributed by atoms with Crippen LogP contribution < -0.4 is 27.5 Å². The van der Waals surface area contributed by atoms with Crippen LogP contribution in [0.3, 0.4) is 0 Å². The minimum absolute atomic E-state index is 0.0299. The van der Waals surface area contributed by atoms with Crippen LogP contribution in [0.2, 0.25) is 0 Å². The van der Waals surface area contributed by atoms with Crippen LogP contribution in [-0.4, -0.2) is 40.0 Å². The molecule has 11 nitrogen and oxygen atoms in total. The van der Waals surface area contributed by atoms with E-state index in [-0.39, 0.29) is 36.2 Å². The summed E-state index contributed by atoms with van der Waals surface area (Å²) in [6.45, 7) is 2.77. The lowest BCUT2D eigenvalue weighted by atomic mass is 10.1. The molecule has 0 spiro atoms. The van der Waals surface area contributed by atoms with E-state index in [1.54, 1.807) is 0 Å². The highest BCUT2D eigenvalue weighted by molar-refractivity contribution is 6.02. The van der Waals surface area contributed by atoms with E-state index in [1.165, 1.54) is 31.3 Å². The number of amides is 1. The van der Waals surface area contributed by atoms with E-state index in [4.69, 9.17) is 20.9 Å². The largest absolute Gasteiger partial charge is 0.484 e. The van der Waals surface area contributed by atoms with Crippen LogP contribution in [0.1, 0.15) is 34.6 Å². The third kappa shape index (κ3) is 5.59. The summed E-state index contributed by atoms with van der Waals surface area (Å²) in [6.07, 6.45) is 0. The van der Waals surface area contributed by atoms with Crippen molar-refractivity contribution < 1.29 is 23.9 Å². The molecule has 0 saturated carbocycles. The molecule has 0 aliphatic heterocycles. The minimum atomic E-state index is -0.870. The van der Waals surface area contributed by atoms with Crippen molar-refractivity contribution in [3.63, 3.8) is 0 Å². The first-order valence-corrected chi connectivity index (χ1v) is 9.33. The number of primary amides is 1. The zero-order chi connectivity index (χ0) is 23.3. The second kappa shape index (κ2) is 9.74. The summed E-state index contributed by atoms with van der Waals surface area (Å²) < 4.78 is 12.0. The van der Waals surface area contributed by atoms with Gasteiger partial charge in [-0.05, 0) is 24.1 Å². The fourth-order valence-electron chi connectivity index (χ4n) is 2.74. The van der Waals surface area contributed by atoms with Crippen molar-refractivity contribution in [2.24, 2.45) is 18.7 Å². The average Bonchev–Trinajstić information content (AvgIpc) is 2.72. The topological polar surface area (TPSA) is 166 Å². The number of hydrogen-bond acceptors (Lipinski definition) is 8. The highest BCUT2D eigenvalue weighted by atomic mass is 16.5. The zero-order valence-corrected chi connectivity index (χ0v) is 17.4. The Morgan fingerprint density at radius 1 is 1.13 bits per heavy atom. The Hall–Kier alpha value is -3.89. The van der Waals surface area contributed by atoms with Gasteiger partial charge in [0.25, 0.3) is 11.5 Å². The fraction of sp³-hybridized carbons (Fsp3) is 0.350. The number of ether oxygens (including phenoxy) is 2. The summed E-state index contributed by atoms with van der Waals surface area (Å²) in [4.78, 5) is 60.4. The Morgan fingerprint density at radius 2 is 1.81 bits per heavy atom. The Labute approximate surface area is 177 Å². The van der Waals surface area contributed by atoms with E-state index in [1.807, 2.05) is 13.8 Å². The van der Waals surface area contributed by atoms with Crippen LogP contribution in [-0.2, 0) is 23.1 Å². The summed E-state index contributed by atoms with van der Waals surface area (Å²) in [5.74, 6) is -2.42. The molecule has 0 unspecified atom stereocenters. The third-order valence-electron chi connectivity index (χ3n) is 4.20. The predicted octanol–water partition coefficient (Wildman–Crippen LogP) is -0.311. The molecule has 4 N–H and O–H groups in total. The SMILES string of the molecule is CC(C)Cn1c(N)c(C(=O)COC(=O)c2cccc(OCC(N)=O)c2)c(=O)n(C)c1=O. The van der Waals surface area contributed by atoms with Gasteiger partial charge in [0.05, 0.1) is 5.56 Å². The summed E-state index contributed by atoms with van der Waals surface area (Å²) >= 11 is 0. The molecule has 2 rings (SSSR count). The van der Waals surface area contributed by atoms with E-state index in [0.717, 1.165) is 9.13 Å². The van der Waals surface area contributed by atoms with Crippen LogP contribution in [0.25, 0.3) is 0 Å². The van der Waals surface area contributed by atoms with Crippen molar-refractivity contribution in [2.75, 3.05) is 18.9 Å². The van der Waals surface area contributed by atoms with Gasteiger partial charge in [0.1, 0.15) is 17.1 Å². The van der Waals surface area contributed by atoms with Gasteiger partial charge in [0.15, 0.2) is 13.2 Å². The molecule has 1 aromatic carbocycles. The number of carbonyl (C=O) groups excluding carboxylic acids is 3. The van der Waals surface area contributed by atoms with E-state index in [9.17, 15) is 24.0 Å². The van der Waals surface area contributed by atoms with Gasteiger partial charge in [0, 0.05) is 13.6 Å². The van der Waals surface area contributed by atoms with Crippen molar-refractivity contribution in [1.29, 1.82) is 0 Å². The van der Waals surface area contributed by atoms with Gasteiger partial charge in [-0.1, -0.05) is 19.9 Å². The number of nitrogen functional groups attached to an aromatic ring is 1. The second-order valence-electron chi connectivity index (χ2n) is 7.19. The smallest absolute Gasteiger partial charge is 0.338 e. The number of rotatable bonds is 9. The molecule has 1 amide bonds. The Morgan fingerprint density at radius 3 is 2.42 bits per heavy atom. The van der Waals surface area contributed by atoms with Gasteiger partial charge in [0.2, 0.25) is 5.78 Å². The molecule has 0 aliphatic carbocycles. The first-order valence-electron chi connectivity index (χ1n) is 9.33. The van der Waals surface area contributed by atoms with Crippen molar-refractivity contribution >= 4 is 23.5 Å². The molecule has 0 bridgehead atoms. The molecule has 31 heavy (non-hydrogen) atoms. The molecule has 11 heteroatoms. The molecule has 1 heterocycles. The molecule has 0 fully saturated rings. The number of benzene rings is 1. The average molecular weight is 432 g/mol. The number of esters is 1.